The number of benzene rings is 3. The summed E-state index contributed by atoms with van der Waals surface area (Å²) in [6.07, 6.45) is 0.969. The zero-order valence-corrected chi connectivity index (χ0v) is 22.8. The molecule has 1 saturated heterocycles. The van der Waals surface area contributed by atoms with Crippen LogP contribution in [-0.4, -0.2) is 53.9 Å². The Morgan fingerprint density at radius 1 is 0.949 bits per heavy atom. The summed E-state index contributed by atoms with van der Waals surface area (Å²) >= 11 is 0. The molecule has 1 N–H and O–H groups in total. The van der Waals surface area contributed by atoms with Gasteiger partial charge >= 0.3 is 0 Å². The zero-order valence-electron chi connectivity index (χ0n) is 22.8. The van der Waals surface area contributed by atoms with E-state index in [2.05, 4.69) is 42.2 Å². The smallest absolute Gasteiger partial charge is 0.255 e. The van der Waals surface area contributed by atoms with Crippen LogP contribution in [0.2, 0.25) is 0 Å². The fourth-order valence-electron chi connectivity index (χ4n) is 6.29. The lowest BCUT2D eigenvalue weighted by atomic mass is 9.76. The molecule has 2 amide bonds. The minimum atomic E-state index is -1.14. The average molecular weight is 524 g/mol. The van der Waals surface area contributed by atoms with Gasteiger partial charge in [-0.25, -0.2) is 0 Å². The van der Waals surface area contributed by atoms with Gasteiger partial charge in [0.1, 0.15) is 6.54 Å². The maximum Gasteiger partial charge on any atom is 0.255 e. The molecule has 2 atom stereocenters. The molecule has 1 fully saturated rings. The van der Waals surface area contributed by atoms with Crippen molar-refractivity contribution < 1.29 is 19.1 Å². The summed E-state index contributed by atoms with van der Waals surface area (Å²) in [5.41, 5.74) is 5.02. The number of hydrogen-bond donors (Lipinski definition) is 1. The first-order valence-corrected chi connectivity index (χ1v) is 13.4. The molecule has 0 spiro atoms. The number of para-hydroxylation sites is 1. The van der Waals surface area contributed by atoms with E-state index in [-0.39, 0.29) is 24.3 Å². The maximum atomic E-state index is 14.3. The van der Waals surface area contributed by atoms with Crippen molar-refractivity contribution >= 4 is 22.7 Å². The molecule has 2 unspecified atom stereocenters. The number of piperazine rings is 1. The number of aromatic nitrogens is 1. The molecule has 0 aliphatic carbocycles. The van der Waals surface area contributed by atoms with Gasteiger partial charge in [0.25, 0.3) is 5.91 Å². The molecular formula is C32H33N3O4. The number of ether oxygens (including phenoxy) is 2. The Morgan fingerprint density at radius 2 is 1.67 bits per heavy atom. The average Bonchev–Trinajstić information content (AvgIpc) is 3.37. The number of aromatic amines is 1. The maximum absolute atomic E-state index is 14.3. The third-order valence-electron chi connectivity index (χ3n) is 8.43. The molecule has 39 heavy (non-hydrogen) atoms. The molecular weight excluding hydrogens is 490 g/mol. The molecule has 2 aliphatic rings. The number of carbonyl (C=O) groups excluding carboxylic acids is 2. The van der Waals surface area contributed by atoms with Crippen LogP contribution in [0.15, 0.2) is 66.7 Å². The molecule has 4 aromatic rings. The summed E-state index contributed by atoms with van der Waals surface area (Å²) in [4.78, 5) is 35.1. The van der Waals surface area contributed by atoms with Crippen molar-refractivity contribution in [1.82, 2.24) is 14.8 Å². The summed E-state index contributed by atoms with van der Waals surface area (Å²) < 4.78 is 10.8. The van der Waals surface area contributed by atoms with E-state index in [9.17, 15) is 9.59 Å². The largest absolute Gasteiger partial charge is 0.493 e. The number of nitrogens with zero attached hydrogens (tertiary/aromatic N) is 2. The lowest BCUT2D eigenvalue weighted by Gasteiger charge is -2.51. The SMILES string of the molecule is CCc1ccc(C2CN3C(=O)CN(Cc4ccc(OC)c(OC)c4)C(=O)C3(C)c3[nH]c4ccccc4c32)cc1. The van der Waals surface area contributed by atoms with Gasteiger partial charge < -0.3 is 24.3 Å². The third kappa shape index (κ3) is 3.87. The molecule has 2 aliphatic heterocycles. The van der Waals surface area contributed by atoms with E-state index in [0.29, 0.717) is 24.6 Å². The Bertz CT molecular complexity index is 1570. The van der Waals surface area contributed by atoms with E-state index in [4.69, 9.17) is 9.47 Å². The van der Waals surface area contributed by atoms with Gasteiger partial charge in [-0.15, -0.1) is 0 Å². The van der Waals surface area contributed by atoms with E-state index in [1.165, 1.54) is 5.56 Å². The Balaban J connectivity index is 1.44. The van der Waals surface area contributed by atoms with Crippen LogP contribution >= 0.6 is 0 Å². The second kappa shape index (κ2) is 9.49. The highest BCUT2D eigenvalue weighted by molar-refractivity contribution is 6.01. The van der Waals surface area contributed by atoms with Gasteiger partial charge in [0, 0.05) is 29.9 Å². The van der Waals surface area contributed by atoms with Crippen molar-refractivity contribution in [3.05, 3.63) is 94.7 Å². The predicted molar refractivity (Wildman–Crippen MR) is 150 cm³/mol. The summed E-state index contributed by atoms with van der Waals surface area (Å²) in [6.45, 7) is 4.81. The Labute approximate surface area is 228 Å². The van der Waals surface area contributed by atoms with Crippen LogP contribution in [0.1, 0.15) is 47.7 Å². The molecule has 7 nitrogen and oxygen atoms in total. The lowest BCUT2D eigenvalue weighted by molar-refractivity contribution is -0.166. The Morgan fingerprint density at radius 3 is 2.38 bits per heavy atom. The van der Waals surface area contributed by atoms with E-state index in [0.717, 1.165) is 39.7 Å². The summed E-state index contributed by atoms with van der Waals surface area (Å²) in [7, 11) is 3.17. The van der Waals surface area contributed by atoms with Crippen molar-refractivity contribution in [2.45, 2.75) is 38.3 Å². The third-order valence-corrected chi connectivity index (χ3v) is 8.43. The number of rotatable bonds is 6. The quantitative estimate of drug-likeness (QED) is 0.387. The fourth-order valence-corrected chi connectivity index (χ4v) is 6.29. The number of hydrogen-bond acceptors (Lipinski definition) is 4. The molecule has 200 valence electrons. The number of nitrogens with one attached hydrogen (secondary N) is 1. The summed E-state index contributed by atoms with van der Waals surface area (Å²) in [6, 6.07) is 22.4. The number of methoxy groups -OCH3 is 2. The molecule has 3 heterocycles. The second-order valence-corrected chi connectivity index (χ2v) is 10.5. The highest BCUT2D eigenvalue weighted by Gasteiger charge is 2.56. The predicted octanol–water partition coefficient (Wildman–Crippen LogP) is 4.98. The van der Waals surface area contributed by atoms with Crippen LogP contribution in [0, 0.1) is 0 Å². The normalized spacial score (nSPS) is 20.7. The van der Waals surface area contributed by atoms with Gasteiger partial charge in [0.05, 0.1) is 19.9 Å². The number of amides is 2. The molecule has 0 saturated carbocycles. The molecule has 3 aromatic carbocycles. The van der Waals surface area contributed by atoms with Gasteiger partial charge in [-0.3, -0.25) is 9.59 Å². The Hall–Kier alpha value is -4.26. The van der Waals surface area contributed by atoms with E-state index < -0.39 is 5.54 Å². The molecule has 0 radical (unpaired) electrons. The number of aryl methyl sites for hydroxylation is 1. The summed E-state index contributed by atoms with van der Waals surface area (Å²) in [5.74, 6) is 1.02. The van der Waals surface area contributed by atoms with E-state index in [1.807, 2.05) is 43.3 Å². The highest BCUT2D eigenvalue weighted by atomic mass is 16.5. The van der Waals surface area contributed by atoms with E-state index in [1.54, 1.807) is 24.0 Å². The first-order valence-electron chi connectivity index (χ1n) is 13.4. The van der Waals surface area contributed by atoms with Crippen molar-refractivity contribution in [2.75, 3.05) is 27.3 Å². The first-order chi connectivity index (χ1) is 18.9. The van der Waals surface area contributed by atoms with Gasteiger partial charge in [0.15, 0.2) is 17.0 Å². The van der Waals surface area contributed by atoms with Gasteiger partial charge in [-0.05, 0) is 53.8 Å². The molecule has 7 heteroatoms. The highest BCUT2D eigenvalue weighted by Crippen LogP contribution is 2.48. The summed E-state index contributed by atoms with van der Waals surface area (Å²) in [5, 5.41) is 1.09. The Kier molecular flexibility index (Phi) is 6.09. The van der Waals surface area contributed by atoms with Crippen LogP contribution in [-0.2, 0) is 28.1 Å². The van der Waals surface area contributed by atoms with Crippen LogP contribution in [0.5, 0.6) is 11.5 Å². The second-order valence-electron chi connectivity index (χ2n) is 10.5. The minimum Gasteiger partial charge on any atom is -0.493 e. The van der Waals surface area contributed by atoms with E-state index >= 15 is 0 Å². The van der Waals surface area contributed by atoms with Crippen molar-refractivity contribution in [2.24, 2.45) is 0 Å². The zero-order chi connectivity index (χ0) is 27.3. The number of carbonyl (C=O) groups is 2. The topological polar surface area (TPSA) is 74.9 Å². The van der Waals surface area contributed by atoms with Crippen molar-refractivity contribution in [1.29, 1.82) is 0 Å². The first kappa shape index (κ1) is 25.0. The van der Waals surface area contributed by atoms with Crippen LogP contribution in [0.4, 0.5) is 0 Å². The number of H-pyrrole nitrogens is 1. The standard InChI is InChI=1S/C32H33N3O4/c1-5-20-10-13-22(14-11-20)24-18-35-28(36)19-34(17-21-12-15-26(38-3)27(16-21)39-4)31(37)32(35,2)30-29(24)23-8-6-7-9-25(23)33-30/h6-16,24,33H,5,17-19H2,1-4H3. The lowest BCUT2D eigenvalue weighted by Crippen LogP contribution is -2.67. The monoisotopic (exact) mass is 523 g/mol. The number of fused-ring (bicyclic) bond motifs is 5. The molecule has 6 rings (SSSR count). The molecule has 1 aromatic heterocycles. The molecule has 0 bridgehead atoms. The minimum absolute atomic E-state index is 0.0276. The van der Waals surface area contributed by atoms with Gasteiger partial charge in [-0.2, -0.15) is 0 Å². The van der Waals surface area contributed by atoms with Crippen molar-refractivity contribution in [3.8, 4) is 11.5 Å². The van der Waals surface area contributed by atoms with Crippen molar-refractivity contribution in [3.63, 3.8) is 0 Å². The van der Waals surface area contributed by atoms with Crippen LogP contribution in [0.25, 0.3) is 10.9 Å². The van der Waals surface area contributed by atoms with Crippen LogP contribution in [0.3, 0.4) is 0 Å². The van der Waals surface area contributed by atoms with Gasteiger partial charge in [-0.1, -0.05) is 55.5 Å². The van der Waals surface area contributed by atoms with Gasteiger partial charge in [0.2, 0.25) is 5.91 Å². The van der Waals surface area contributed by atoms with Crippen LogP contribution < -0.4 is 9.47 Å². The fraction of sp³-hybridized carbons (Fsp3) is 0.312.